The average molecular weight is 505 g/mol. The number of nitrogens with one attached hydrogen (secondary N) is 1. The molecule has 0 aliphatic carbocycles. The molecule has 0 saturated heterocycles. The molecule has 1 amide bonds. The minimum Gasteiger partial charge on any atom is -0.308 e. The molecule has 4 rings (SSSR count). The molecule has 29 heavy (non-hydrogen) atoms. The Morgan fingerprint density at radius 3 is 2.48 bits per heavy atom. The van der Waals surface area contributed by atoms with Crippen LogP contribution in [-0.4, -0.2) is 31.8 Å². The smallest absolute Gasteiger partial charge is 0.308 e. The van der Waals surface area contributed by atoms with Gasteiger partial charge in [0, 0.05) is 19.7 Å². The summed E-state index contributed by atoms with van der Waals surface area (Å²) < 4.78 is 8.30. The fourth-order valence-corrected chi connectivity index (χ4v) is 4.94. The van der Waals surface area contributed by atoms with Crippen molar-refractivity contribution in [2.24, 2.45) is 17.2 Å². The number of fused-ring (bicyclic) bond motifs is 1. The van der Waals surface area contributed by atoms with Crippen molar-refractivity contribution in [1.82, 2.24) is 19.3 Å². The molecule has 0 spiro atoms. The molecule has 1 aromatic carbocycles. The number of carbonyl (C=O) groups excluding carboxylic acids is 1. The summed E-state index contributed by atoms with van der Waals surface area (Å²) in [6.07, 6.45) is 0. The zero-order valence-corrected chi connectivity index (χ0v) is 17.7. The number of halogens is 1. The van der Waals surface area contributed by atoms with Crippen molar-refractivity contribution >= 4 is 44.5 Å². The second-order valence-corrected chi connectivity index (χ2v) is 8.35. The van der Waals surface area contributed by atoms with Gasteiger partial charge < -0.3 is 5.32 Å². The topological polar surface area (TPSA) is 114 Å². The predicted octanol–water partition coefficient (Wildman–Crippen LogP) is 1.70. The van der Waals surface area contributed by atoms with Crippen molar-refractivity contribution in [3.63, 3.8) is 0 Å². The van der Waals surface area contributed by atoms with E-state index in [1.165, 1.54) is 11.6 Å². The highest BCUT2D eigenvalue weighted by Gasteiger charge is 2.27. The summed E-state index contributed by atoms with van der Waals surface area (Å²) in [4.78, 5) is 36.9. The van der Waals surface area contributed by atoms with Crippen LogP contribution < -0.4 is 19.7 Å². The number of anilines is 2. The largest absolute Gasteiger partial charge is 0.332 e. The molecule has 2 aromatic heterocycles. The van der Waals surface area contributed by atoms with Gasteiger partial charge in [0.05, 0.1) is 5.69 Å². The van der Waals surface area contributed by atoms with Crippen molar-refractivity contribution in [3.05, 3.63) is 63.3 Å². The van der Waals surface area contributed by atoms with Crippen LogP contribution in [0.4, 0.5) is 17.3 Å². The van der Waals surface area contributed by atoms with E-state index in [2.05, 4.69) is 18.7 Å². The lowest BCUT2D eigenvalue weighted by Gasteiger charge is -2.15. The summed E-state index contributed by atoms with van der Waals surface area (Å²) in [5.41, 5.74) is 1.01. The van der Waals surface area contributed by atoms with E-state index in [0.29, 0.717) is 17.3 Å². The Bertz CT molecular complexity index is 1230. The van der Waals surface area contributed by atoms with Gasteiger partial charge in [0.15, 0.2) is 17.3 Å². The zero-order valence-electron chi connectivity index (χ0n) is 15.5. The van der Waals surface area contributed by atoms with Crippen LogP contribution >= 0.6 is 21.3 Å². The second-order valence-electron chi connectivity index (χ2n) is 6.28. The summed E-state index contributed by atoms with van der Waals surface area (Å²) in [6.45, 7) is -0.0562. The third kappa shape index (κ3) is 3.60. The van der Waals surface area contributed by atoms with Gasteiger partial charge in [-0.05, 0) is 12.1 Å². The van der Waals surface area contributed by atoms with E-state index in [4.69, 9.17) is 0 Å². The van der Waals surface area contributed by atoms with Crippen molar-refractivity contribution in [2.45, 2.75) is 0 Å². The summed E-state index contributed by atoms with van der Waals surface area (Å²) in [6, 6.07) is 13.0. The molecule has 1 aliphatic heterocycles. The molecular formula is C18H16IN7O3. The number of benzene rings is 1. The fourth-order valence-electron chi connectivity index (χ4n) is 2.82. The lowest BCUT2D eigenvalue weighted by molar-refractivity contribution is -0.114. The van der Waals surface area contributed by atoms with Crippen molar-refractivity contribution in [1.29, 1.82) is 0 Å². The van der Waals surface area contributed by atoms with Crippen LogP contribution in [0.2, 0.25) is 0 Å². The minimum atomic E-state index is -0.970. The second kappa shape index (κ2) is 7.66. The number of aromatic nitrogens is 4. The van der Waals surface area contributed by atoms with Crippen LogP contribution in [0.1, 0.15) is 0 Å². The summed E-state index contributed by atoms with van der Waals surface area (Å²) in [5.74, 6) is 0.300. The van der Waals surface area contributed by atoms with Gasteiger partial charge in [-0.1, -0.05) is 30.3 Å². The lowest BCUT2D eigenvalue weighted by Crippen LogP contribution is -2.39. The maximum Gasteiger partial charge on any atom is 0.332 e. The molecule has 3 heterocycles. The summed E-state index contributed by atoms with van der Waals surface area (Å²) in [5, 5.41) is 10.9. The highest BCUT2D eigenvalue weighted by molar-refractivity contribution is 14.2. The van der Waals surface area contributed by atoms with Crippen molar-refractivity contribution < 1.29 is 4.79 Å². The van der Waals surface area contributed by atoms with Gasteiger partial charge in [-0.25, -0.2) is 4.79 Å². The first-order valence-electron chi connectivity index (χ1n) is 8.57. The molecule has 0 saturated carbocycles. The standard InChI is InChI=1S/C18H16IN7O3/c1-24-16-15(17(28)25(2)18(24)29)26(19-21-16)10-14(27)20-13-9-8-12(22-23-13)11-6-4-3-5-7-11/h3-9H,10H2,1-2H3,(H,20,23,27). The highest BCUT2D eigenvalue weighted by Crippen LogP contribution is 2.38. The van der Waals surface area contributed by atoms with E-state index in [0.717, 1.165) is 10.1 Å². The fraction of sp³-hybridized carbons (Fsp3) is 0.167. The monoisotopic (exact) mass is 505 g/mol. The predicted molar refractivity (Wildman–Crippen MR) is 116 cm³/mol. The van der Waals surface area contributed by atoms with E-state index in [9.17, 15) is 14.4 Å². The van der Waals surface area contributed by atoms with Crippen LogP contribution in [0.5, 0.6) is 0 Å². The van der Waals surface area contributed by atoms with Crippen molar-refractivity contribution in [3.8, 4) is 11.3 Å². The number of amides is 1. The number of hydrogen-bond acceptors (Lipinski definition) is 7. The molecule has 0 unspecified atom stereocenters. The van der Waals surface area contributed by atoms with E-state index in [1.54, 1.807) is 22.3 Å². The van der Waals surface area contributed by atoms with Crippen LogP contribution in [0.15, 0.2) is 55.2 Å². The molecule has 1 N–H and O–H groups in total. The molecule has 10 nitrogen and oxygen atoms in total. The van der Waals surface area contributed by atoms with Gasteiger partial charge >= 0.3 is 5.69 Å². The minimum absolute atomic E-state index is 0.0562. The quantitative estimate of drug-likeness (QED) is 0.427. The molecule has 0 fully saturated rings. The van der Waals surface area contributed by atoms with Gasteiger partial charge in [0.25, 0.3) is 5.56 Å². The Morgan fingerprint density at radius 1 is 1.03 bits per heavy atom. The molecule has 148 valence electrons. The van der Waals surface area contributed by atoms with Crippen LogP contribution in [0, 0.1) is 0 Å². The lowest BCUT2D eigenvalue weighted by atomic mass is 10.1. The van der Waals surface area contributed by atoms with E-state index in [1.807, 2.05) is 30.3 Å². The average Bonchev–Trinajstić information content (AvgIpc) is 3.15. The number of rotatable bonds is 4. The van der Waals surface area contributed by atoms with Gasteiger partial charge in [-0.3, -0.25) is 21.8 Å². The van der Waals surface area contributed by atoms with Crippen LogP contribution in [0.3, 0.4) is 0 Å². The highest BCUT2D eigenvalue weighted by atomic mass is 127. The molecule has 0 bridgehead atoms. The molecule has 0 radical (unpaired) electrons. The first kappa shape index (κ1) is 19.1. The Kier molecular flexibility index (Phi) is 5.05. The molecule has 11 heteroatoms. The van der Waals surface area contributed by atoms with Gasteiger partial charge in [0.1, 0.15) is 27.9 Å². The van der Waals surface area contributed by atoms with Gasteiger partial charge in [-0.2, -0.15) is 3.15 Å². The first-order valence-corrected chi connectivity index (χ1v) is 10.5. The van der Waals surface area contributed by atoms with Crippen LogP contribution in [0.25, 0.3) is 11.3 Å². The normalized spacial score (nSPS) is 12.4. The molecular weight excluding hydrogens is 489 g/mol. The SMILES string of the molecule is Cn1c2c(c(=O)n(C)c1=O)N(CC(=O)Nc1ccc(-c3ccccc3)nn1)I=N2. The Balaban J connectivity index is 1.49. The maximum atomic E-state index is 12.5. The molecule has 0 atom stereocenters. The summed E-state index contributed by atoms with van der Waals surface area (Å²) in [7, 11) is 2.96. The zero-order chi connectivity index (χ0) is 20.5. The van der Waals surface area contributed by atoms with E-state index < -0.39 is 32.6 Å². The Labute approximate surface area is 175 Å². The van der Waals surface area contributed by atoms with Crippen LogP contribution in [-0.2, 0) is 18.9 Å². The number of nitrogens with zero attached hydrogens (tertiary/aromatic N) is 6. The summed E-state index contributed by atoms with van der Waals surface area (Å²) >= 11 is -0.970. The van der Waals surface area contributed by atoms with Crippen molar-refractivity contribution in [2.75, 3.05) is 15.0 Å². The van der Waals surface area contributed by atoms with E-state index in [-0.39, 0.29) is 18.1 Å². The maximum absolute atomic E-state index is 12.5. The number of carbonyl (C=O) groups is 1. The van der Waals surface area contributed by atoms with Gasteiger partial charge in [-0.15, -0.1) is 10.2 Å². The van der Waals surface area contributed by atoms with E-state index >= 15 is 0 Å². The molecule has 1 aliphatic rings. The third-order valence-corrected chi connectivity index (χ3v) is 6.36. The first-order chi connectivity index (χ1) is 14.0. The Hall–Kier alpha value is -3.22. The Morgan fingerprint density at radius 2 is 1.79 bits per heavy atom. The third-order valence-electron chi connectivity index (χ3n) is 4.35. The molecule has 3 aromatic rings. The number of hydrogen-bond donors (Lipinski definition) is 1. The van der Waals surface area contributed by atoms with Gasteiger partial charge in [0.2, 0.25) is 5.91 Å².